The maximum Gasteiger partial charge on any atom is 0.255 e. The average molecular weight is 801 g/mol. The number of nitrogens with one attached hydrogen (secondary N) is 2. The van der Waals surface area contributed by atoms with Crippen LogP contribution in [0.15, 0.2) is 59.9 Å². The number of imide groups is 1. The number of aryl methyl sites for hydroxylation is 2. The first-order valence-corrected chi connectivity index (χ1v) is 20.5. The van der Waals surface area contributed by atoms with E-state index in [0.29, 0.717) is 36.1 Å². The number of rotatable bonds is 8. The van der Waals surface area contributed by atoms with Gasteiger partial charge in [-0.15, -0.1) is 21.5 Å². The molecule has 0 radical (unpaired) electrons. The first-order valence-electron chi connectivity index (χ1n) is 19.4. The van der Waals surface area contributed by atoms with Crippen LogP contribution in [0.4, 0.5) is 5.69 Å². The van der Waals surface area contributed by atoms with E-state index in [0.717, 1.165) is 106 Å². The number of anilines is 1. The summed E-state index contributed by atoms with van der Waals surface area (Å²) in [4.78, 5) is 47.5. The molecule has 15 heteroatoms. The standard InChI is InChI=1S/C42H41ClN10O3S/c1-25-35(57-42-38(25)39(28-8-10-29(43)11-9-28)44-22-36-49-48-26(2)53(36)42)13-7-27-21-45-51(23-27)18-4-17-50-19-15-30(16-20-50)46-33-6-3-5-31-32(33)24-52(41(31)56)34-12-14-37(54)47-40(34)55/h3,5-6,8-11,21,23,30,34,46H,4,12,14-20,22,24H2,1-2H3,(H,47,54,55). The molecular formula is C42H41ClN10O3S. The molecule has 2 aromatic carbocycles. The Morgan fingerprint density at radius 1 is 1.00 bits per heavy atom. The zero-order valence-electron chi connectivity index (χ0n) is 31.7. The van der Waals surface area contributed by atoms with Gasteiger partial charge in [0, 0.05) is 77.8 Å². The maximum atomic E-state index is 13.3. The number of hydrogen-bond donors (Lipinski definition) is 2. The molecule has 3 amide bonds. The number of carbonyl (C=O) groups is 3. The van der Waals surface area contributed by atoms with Gasteiger partial charge < -0.3 is 15.1 Å². The van der Waals surface area contributed by atoms with Crippen LogP contribution in [0, 0.1) is 25.7 Å². The maximum absolute atomic E-state index is 13.3. The van der Waals surface area contributed by atoms with E-state index >= 15 is 0 Å². The third-order valence-electron chi connectivity index (χ3n) is 11.3. The van der Waals surface area contributed by atoms with E-state index in [1.807, 2.05) is 66.5 Å². The molecule has 9 rings (SSSR count). The van der Waals surface area contributed by atoms with Gasteiger partial charge in [-0.25, -0.2) is 0 Å². The molecule has 3 aromatic heterocycles. The second-order valence-corrected chi connectivity index (χ2v) is 16.4. The highest BCUT2D eigenvalue weighted by Gasteiger charge is 2.40. The molecule has 1 unspecified atom stereocenters. The van der Waals surface area contributed by atoms with Crippen molar-refractivity contribution in [2.75, 3.05) is 25.0 Å². The first-order chi connectivity index (χ1) is 27.7. The second-order valence-electron chi connectivity index (χ2n) is 15.0. The van der Waals surface area contributed by atoms with Gasteiger partial charge in [0.15, 0.2) is 5.82 Å². The van der Waals surface area contributed by atoms with E-state index in [1.54, 1.807) is 16.2 Å². The summed E-state index contributed by atoms with van der Waals surface area (Å²) in [6.45, 7) is 8.61. The fourth-order valence-electron chi connectivity index (χ4n) is 8.28. The van der Waals surface area contributed by atoms with E-state index in [4.69, 9.17) is 16.6 Å². The van der Waals surface area contributed by atoms with Crippen molar-refractivity contribution in [1.29, 1.82) is 0 Å². The predicted molar refractivity (Wildman–Crippen MR) is 218 cm³/mol. The van der Waals surface area contributed by atoms with Crippen LogP contribution in [0.1, 0.15) is 86.8 Å². The Kier molecular flexibility index (Phi) is 9.98. The lowest BCUT2D eigenvalue weighted by molar-refractivity contribution is -0.136. The second kappa shape index (κ2) is 15.4. The Labute approximate surface area is 339 Å². The molecule has 2 fully saturated rings. The number of thiophene rings is 1. The van der Waals surface area contributed by atoms with Crippen LogP contribution < -0.4 is 10.6 Å². The van der Waals surface area contributed by atoms with Crippen LogP contribution in [-0.2, 0) is 29.2 Å². The molecule has 7 heterocycles. The molecule has 2 saturated heterocycles. The molecule has 5 aromatic rings. The Balaban J connectivity index is 0.795. The van der Waals surface area contributed by atoms with Gasteiger partial charge in [-0.05, 0) is 75.9 Å². The van der Waals surface area contributed by atoms with Gasteiger partial charge in [0.1, 0.15) is 23.4 Å². The number of hydrogen-bond acceptors (Lipinski definition) is 10. The molecule has 290 valence electrons. The molecule has 4 aliphatic heterocycles. The van der Waals surface area contributed by atoms with Gasteiger partial charge in [-0.2, -0.15) is 5.10 Å². The van der Waals surface area contributed by atoms with E-state index in [9.17, 15) is 14.4 Å². The molecule has 0 saturated carbocycles. The normalized spacial score (nSPS) is 18.3. The van der Waals surface area contributed by atoms with E-state index in [2.05, 4.69) is 54.2 Å². The summed E-state index contributed by atoms with van der Waals surface area (Å²) in [7, 11) is 0. The Morgan fingerprint density at radius 3 is 2.63 bits per heavy atom. The Bertz CT molecular complexity index is 2500. The number of amides is 3. The minimum absolute atomic E-state index is 0.150. The Hall–Kier alpha value is -5.62. The van der Waals surface area contributed by atoms with Gasteiger partial charge >= 0.3 is 0 Å². The number of nitrogens with zero attached hydrogens (tertiary/aromatic N) is 8. The van der Waals surface area contributed by atoms with Crippen LogP contribution in [-0.4, -0.2) is 89.5 Å². The average Bonchev–Trinajstić information content (AvgIpc) is 3.95. The molecule has 1 atom stereocenters. The highest BCUT2D eigenvalue weighted by Crippen LogP contribution is 2.37. The minimum Gasteiger partial charge on any atom is -0.382 e. The van der Waals surface area contributed by atoms with Crippen molar-refractivity contribution in [3.05, 3.63) is 110 Å². The van der Waals surface area contributed by atoms with Crippen LogP contribution in [0.3, 0.4) is 0 Å². The van der Waals surface area contributed by atoms with Crippen molar-refractivity contribution in [3.63, 3.8) is 0 Å². The van der Waals surface area contributed by atoms with Crippen LogP contribution in [0.5, 0.6) is 0 Å². The fraction of sp³-hybridized carbons (Fsp3) is 0.357. The molecule has 0 bridgehead atoms. The summed E-state index contributed by atoms with van der Waals surface area (Å²) in [5.74, 6) is 7.59. The summed E-state index contributed by atoms with van der Waals surface area (Å²) in [6.07, 6.45) is 7.41. The number of aliphatic imine (C=N–C) groups is 1. The van der Waals surface area contributed by atoms with E-state index < -0.39 is 11.9 Å². The summed E-state index contributed by atoms with van der Waals surface area (Å²) in [6, 6.07) is 13.2. The lowest BCUT2D eigenvalue weighted by atomic mass is 10.00. The van der Waals surface area contributed by atoms with Crippen molar-refractivity contribution in [1.82, 2.24) is 39.7 Å². The zero-order chi connectivity index (χ0) is 39.2. The van der Waals surface area contributed by atoms with Crippen molar-refractivity contribution in [2.45, 2.75) is 77.7 Å². The molecule has 2 N–H and O–H groups in total. The molecular weight excluding hydrogens is 760 g/mol. The quantitative estimate of drug-likeness (QED) is 0.160. The topological polar surface area (TPSA) is 143 Å². The van der Waals surface area contributed by atoms with Crippen molar-refractivity contribution < 1.29 is 14.4 Å². The lowest BCUT2D eigenvalue weighted by Gasteiger charge is -2.33. The molecule has 0 spiro atoms. The summed E-state index contributed by atoms with van der Waals surface area (Å²) >= 11 is 7.85. The van der Waals surface area contributed by atoms with Gasteiger partial charge in [0.05, 0.1) is 22.3 Å². The van der Waals surface area contributed by atoms with Crippen LogP contribution in [0.25, 0.3) is 5.00 Å². The molecule has 13 nitrogen and oxygen atoms in total. The third-order valence-corrected chi connectivity index (χ3v) is 12.7. The number of piperidine rings is 2. The van der Waals surface area contributed by atoms with Crippen molar-refractivity contribution in [2.24, 2.45) is 4.99 Å². The number of carbonyl (C=O) groups excluding carboxylic acids is 3. The molecule has 57 heavy (non-hydrogen) atoms. The third kappa shape index (κ3) is 7.27. The highest BCUT2D eigenvalue weighted by atomic mass is 35.5. The lowest BCUT2D eigenvalue weighted by Crippen LogP contribution is -2.52. The number of halogens is 1. The van der Waals surface area contributed by atoms with Gasteiger partial charge in [-0.1, -0.05) is 41.6 Å². The molecule has 0 aliphatic carbocycles. The SMILES string of the molecule is Cc1c(C#Cc2cnn(CCCN3CCC(Nc4cccc5c4CN(C4CCC(=O)NC4=O)C5=O)CC3)c2)sc2c1C(c1ccc(Cl)cc1)=NCc1nnc(C)n1-2. The smallest absolute Gasteiger partial charge is 0.255 e. The first kappa shape index (κ1) is 37.0. The van der Waals surface area contributed by atoms with Gasteiger partial charge in [0.25, 0.3) is 5.91 Å². The predicted octanol–water partition coefficient (Wildman–Crippen LogP) is 5.27. The van der Waals surface area contributed by atoms with Crippen LogP contribution in [0.2, 0.25) is 5.02 Å². The van der Waals surface area contributed by atoms with Crippen LogP contribution >= 0.6 is 22.9 Å². The number of aromatic nitrogens is 5. The largest absolute Gasteiger partial charge is 0.382 e. The van der Waals surface area contributed by atoms with Crippen molar-refractivity contribution >= 4 is 52.1 Å². The zero-order valence-corrected chi connectivity index (χ0v) is 33.3. The van der Waals surface area contributed by atoms with Gasteiger partial charge in [0.2, 0.25) is 11.8 Å². The monoisotopic (exact) mass is 800 g/mol. The van der Waals surface area contributed by atoms with Crippen molar-refractivity contribution in [3.8, 4) is 16.8 Å². The highest BCUT2D eigenvalue weighted by molar-refractivity contribution is 7.15. The summed E-state index contributed by atoms with van der Waals surface area (Å²) in [5.41, 5.74) is 7.39. The minimum atomic E-state index is -0.618. The van der Waals surface area contributed by atoms with E-state index in [-0.39, 0.29) is 18.2 Å². The summed E-state index contributed by atoms with van der Waals surface area (Å²) in [5, 5.41) is 21.2. The number of fused-ring (bicyclic) bond motifs is 4. The fourth-order valence-corrected chi connectivity index (χ4v) is 9.63. The Morgan fingerprint density at radius 2 is 1.82 bits per heavy atom. The van der Waals surface area contributed by atoms with Gasteiger partial charge in [-0.3, -0.25) is 33.9 Å². The van der Waals surface area contributed by atoms with E-state index in [1.165, 1.54) is 0 Å². The summed E-state index contributed by atoms with van der Waals surface area (Å²) < 4.78 is 4.07. The molecule has 4 aliphatic rings. The number of benzene rings is 2. The number of likely N-dealkylation sites (tertiary alicyclic amines) is 1.